The normalized spacial score (nSPS) is 10.9. The zero-order valence-corrected chi connectivity index (χ0v) is 12.9. The van der Waals surface area contributed by atoms with Gasteiger partial charge in [-0.15, -0.1) is 0 Å². The van der Waals surface area contributed by atoms with Crippen molar-refractivity contribution in [3.05, 3.63) is 64.5 Å². The van der Waals surface area contributed by atoms with E-state index in [-0.39, 0.29) is 5.56 Å². The van der Waals surface area contributed by atoms with Crippen LogP contribution in [0.4, 0.5) is 0 Å². The van der Waals surface area contributed by atoms with E-state index in [4.69, 9.17) is 0 Å². The second-order valence-corrected chi connectivity index (χ2v) is 5.28. The summed E-state index contributed by atoms with van der Waals surface area (Å²) in [6.45, 7) is 6.44. The van der Waals surface area contributed by atoms with E-state index in [1.165, 1.54) is 10.2 Å². The van der Waals surface area contributed by atoms with Crippen LogP contribution in [-0.2, 0) is 6.54 Å². The highest BCUT2D eigenvalue weighted by molar-refractivity contribution is 5.60. The number of aromatic nitrogens is 4. The minimum atomic E-state index is -0.106. The lowest BCUT2D eigenvalue weighted by Gasteiger charge is -2.05. The van der Waals surface area contributed by atoms with Crippen molar-refractivity contribution in [2.24, 2.45) is 0 Å². The Bertz CT molecular complexity index is 876. The van der Waals surface area contributed by atoms with Crippen LogP contribution in [0.2, 0.25) is 0 Å². The first-order valence-corrected chi connectivity index (χ1v) is 7.29. The lowest BCUT2D eigenvalue weighted by atomic mass is 10.1. The van der Waals surface area contributed by atoms with Gasteiger partial charge < -0.3 is 4.57 Å². The van der Waals surface area contributed by atoms with Crippen molar-refractivity contribution in [3.8, 4) is 16.9 Å². The highest BCUT2D eigenvalue weighted by Crippen LogP contribution is 2.21. The summed E-state index contributed by atoms with van der Waals surface area (Å²) in [5, 5.41) is 4.17. The highest BCUT2D eigenvalue weighted by atomic mass is 16.1. The first-order valence-electron chi connectivity index (χ1n) is 7.29. The fourth-order valence-electron chi connectivity index (χ4n) is 2.47. The summed E-state index contributed by atoms with van der Waals surface area (Å²) in [7, 11) is 0. The van der Waals surface area contributed by atoms with Crippen molar-refractivity contribution in [1.29, 1.82) is 0 Å². The Kier molecular flexibility index (Phi) is 3.63. The van der Waals surface area contributed by atoms with Crippen LogP contribution < -0.4 is 5.56 Å². The quantitative estimate of drug-likeness (QED) is 0.746. The molecule has 5 heteroatoms. The van der Waals surface area contributed by atoms with E-state index in [0.717, 1.165) is 22.8 Å². The highest BCUT2D eigenvalue weighted by Gasteiger charge is 2.09. The molecular formula is C17H18N4O. The molecule has 0 aliphatic heterocycles. The molecule has 1 aromatic carbocycles. The minimum Gasteiger partial charge on any atom is -0.301 e. The van der Waals surface area contributed by atoms with Gasteiger partial charge >= 0.3 is 0 Å². The topological polar surface area (TPSA) is 52.7 Å². The van der Waals surface area contributed by atoms with Gasteiger partial charge in [-0.05, 0) is 26.8 Å². The van der Waals surface area contributed by atoms with Crippen LogP contribution in [0.25, 0.3) is 16.9 Å². The van der Waals surface area contributed by atoms with Crippen LogP contribution in [-0.4, -0.2) is 19.3 Å². The van der Waals surface area contributed by atoms with E-state index >= 15 is 0 Å². The minimum absolute atomic E-state index is 0.106. The molecule has 0 unspecified atom stereocenters. The number of benzene rings is 1. The fraction of sp³-hybridized carbons (Fsp3) is 0.235. The molecule has 0 saturated carbocycles. The third-order valence-electron chi connectivity index (χ3n) is 3.63. The van der Waals surface area contributed by atoms with E-state index in [1.54, 1.807) is 12.3 Å². The zero-order valence-electron chi connectivity index (χ0n) is 12.9. The van der Waals surface area contributed by atoms with Gasteiger partial charge in [0.05, 0.1) is 17.6 Å². The van der Waals surface area contributed by atoms with Crippen molar-refractivity contribution in [3.63, 3.8) is 0 Å². The predicted molar refractivity (Wildman–Crippen MR) is 86.2 cm³/mol. The first kappa shape index (κ1) is 14.3. The Labute approximate surface area is 128 Å². The van der Waals surface area contributed by atoms with Crippen molar-refractivity contribution < 1.29 is 0 Å². The number of hydrogen-bond donors (Lipinski definition) is 0. The van der Waals surface area contributed by atoms with Gasteiger partial charge in [0.1, 0.15) is 5.82 Å². The van der Waals surface area contributed by atoms with Gasteiger partial charge in [0.15, 0.2) is 0 Å². The molecule has 0 spiro atoms. The van der Waals surface area contributed by atoms with Gasteiger partial charge in [-0.25, -0.2) is 9.67 Å². The Morgan fingerprint density at radius 1 is 1.18 bits per heavy atom. The monoisotopic (exact) mass is 294 g/mol. The van der Waals surface area contributed by atoms with Crippen molar-refractivity contribution in [2.45, 2.75) is 27.3 Å². The van der Waals surface area contributed by atoms with Crippen LogP contribution in [0.1, 0.15) is 18.3 Å². The molecule has 0 fully saturated rings. The maximum atomic E-state index is 11.9. The van der Waals surface area contributed by atoms with Crippen molar-refractivity contribution >= 4 is 0 Å². The summed E-state index contributed by atoms with van der Waals surface area (Å²) in [6, 6.07) is 9.79. The molecule has 22 heavy (non-hydrogen) atoms. The van der Waals surface area contributed by atoms with Crippen LogP contribution in [0.3, 0.4) is 0 Å². The zero-order chi connectivity index (χ0) is 15.7. The number of nitrogens with zero attached hydrogens (tertiary/aromatic N) is 4. The number of rotatable bonds is 3. The first-order chi connectivity index (χ1) is 10.6. The molecule has 5 nitrogen and oxygen atoms in total. The Balaban J connectivity index is 2.06. The Morgan fingerprint density at radius 3 is 2.68 bits per heavy atom. The maximum Gasteiger partial charge on any atom is 0.268 e. The molecule has 3 rings (SSSR count). The summed E-state index contributed by atoms with van der Waals surface area (Å²) >= 11 is 0. The van der Waals surface area contributed by atoms with Crippen molar-refractivity contribution in [2.75, 3.05) is 0 Å². The summed E-state index contributed by atoms with van der Waals surface area (Å²) in [5.74, 6) is 0.826. The molecule has 112 valence electrons. The van der Waals surface area contributed by atoms with E-state index in [0.29, 0.717) is 6.54 Å². The molecule has 0 N–H and O–H groups in total. The molecular weight excluding hydrogens is 276 g/mol. The molecule has 0 bridgehead atoms. The molecule has 0 radical (unpaired) electrons. The predicted octanol–water partition coefficient (Wildman–Crippen LogP) is 2.73. The standard InChI is InChI=1S/C17H18N4O/c1-4-21-17(22)9-15(10-18-21)20-11-16(19-13(20)3)14-7-5-6-12(2)8-14/h5-11H,4H2,1-3H3. The Hall–Kier alpha value is -2.69. The average Bonchev–Trinajstić information content (AvgIpc) is 2.89. The molecule has 3 aromatic rings. The molecule has 2 aromatic heterocycles. The third kappa shape index (κ3) is 2.57. The summed E-state index contributed by atoms with van der Waals surface area (Å²) in [5.41, 5.74) is 3.78. The van der Waals surface area contributed by atoms with E-state index in [9.17, 15) is 4.79 Å². The van der Waals surface area contributed by atoms with Crippen LogP contribution in [0.5, 0.6) is 0 Å². The number of imidazole rings is 1. The molecule has 0 aliphatic carbocycles. The lowest BCUT2D eigenvalue weighted by Crippen LogP contribution is -2.21. The van der Waals surface area contributed by atoms with Gasteiger partial charge in [0.25, 0.3) is 5.56 Å². The van der Waals surface area contributed by atoms with E-state index in [2.05, 4.69) is 29.1 Å². The second-order valence-electron chi connectivity index (χ2n) is 5.28. The maximum absolute atomic E-state index is 11.9. The van der Waals surface area contributed by atoms with Gasteiger partial charge in [-0.2, -0.15) is 5.10 Å². The third-order valence-corrected chi connectivity index (χ3v) is 3.63. The summed E-state index contributed by atoms with van der Waals surface area (Å²) < 4.78 is 3.32. The Morgan fingerprint density at radius 2 is 2.00 bits per heavy atom. The van der Waals surface area contributed by atoms with Gasteiger partial charge in [0, 0.05) is 24.4 Å². The van der Waals surface area contributed by atoms with Crippen LogP contribution in [0, 0.1) is 13.8 Å². The molecule has 0 atom stereocenters. The average molecular weight is 294 g/mol. The van der Waals surface area contributed by atoms with Gasteiger partial charge in [0.2, 0.25) is 0 Å². The molecule has 0 aliphatic rings. The van der Waals surface area contributed by atoms with Gasteiger partial charge in [-0.3, -0.25) is 4.79 Å². The summed E-state index contributed by atoms with van der Waals surface area (Å²) in [6.07, 6.45) is 3.64. The number of hydrogen-bond acceptors (Lipinski definition) is 3. The molecule has 2 heterocycles. The summed E-state index contributed by atoms with van der Waals surface area (Å²) in [4.78, 5) is 16.5. The van der Waals surface area contributed by atoms with Crippen LogP contribution >= 0.6 is 0 Å². The SMILES string of the molecule is CCn1ncc(-n2cc(-c3cccc(C)c3)nc2C)cc1=O. The fourth-order valence-corrected chi connectivity index (χ4v) is 2.47. The van der Waals surface area contributed by atoms with Gasteiger partial charge in [-0.1, -0.05) is 23.8 Å². The smallest absolute Gasteiger partial charge is 0.268 e. The van der Waals surface area contributed by atoms with Crippen molar-refractivity contribution in [1.82, 2.24) is 19.3 Å². The van der Waals surface area contributed by atoms with E-state index in [1.807, 2.05) is 36.7 Å². The van der Waals surface area contributed by atoms with Crippen LogP contribution in [0.15, 0.2) is 47.5 Å². The molecule has 0 amide bonds. The number of aryl methyl sites for hydroxylation is 3. The second kappa shape index (κ2) is 5.60. The molecule has 0 saturated heterocycles. The lowest BCUT2D eigenvalue weighted by molar-refractivity contribution is 0.612. The largest absolute Gasteiger partial charge is 0.301 e. The van der Waals surface area contributed by atoms with E-state index < -0.39 is 0 Å².